The number of thiophene rings is 2. The lowest BCUT2D eigenvalue weighted by Gasteiger charge is -2.38. The second-order valence-corrected chi connectivity index (χ2v) is 26.6. The molecule has 8 heterocycles. The number of nitrogens with one attached hydrogen (secondary N) is 1. The number of rotatable bonds is 3. The second kappa shape index (κ2) is 17.1. The topological polar surface area (TPSA) is 58.2 Å². The molecule has 0 radical (unpaired) electrons. The molecule has 0 amide bonds. The first kappa shape index (κ1) is 48.6. The zero-order chi connectivity index (χ0) is 56.5. The molecule has 1 N–H and O–H groups in total. The van der Waals surface area contributed by atoms with Crippen LogP contribution < -0.4 is 76.8 Å². The Bertz CT molecular complexity index is 4720. The van der Waals surface area contributed by atoms with Crippen LogP contribution in [0.4, 0.5) is 11.4 Å². The molecule has 12 aromatic rings. The zero-order valence-electron chi connectivity index (χ0n) is 47.9. The van der Waals surface area contributed by atoms with Crippen molar-refractivity contribution < 1.29 is 23.7 Å². The number of aryl methyl sites for hydroxylation is 9. The summed E-state index contributed by atoms with van der Waals surface area (Å²) in [6.07, 6.45) is 0. The largest absolute Gasteiger partial charge is 0.458 e. The lowest BCUT2D eigenvalue weighted by atomic mass is 9.31. The van der Waals surface area contributed by atoms with Crippen molar-refractivity contribution >= 4 is 122 Å². The van der Waals surface area contributed by atoms with Gasteiger partial charge >= 0.3 is 0 Å². The van der Waals surface area contributed by atoms with Crippen molar-refractivity contribution in [2.24, 2.45) is 0 Å². The van der Waals surface area contributed by atoms with Crippen LogP contribution in [0.25, 0.3) is 53.6 Å². The van der Waals surface area contributed by atoms with Gasteiger partial charge in [0.2, 0.25) is 0 Å². The summed E-state index contributed by atoms with van der Waals surface area (Å²) in [5.41, 5.74) is 27.7. The summed E-state index contributed by atoms with van der Waals surface area (Å²) in [5, 5.41) is 6.28. The van der Waals surface area contributed by atoms with Crippen LogP contribution in [-0.2, 0) is 0 Å². The average molecular weight is 1120 g/mol. The van der Waals surface area contributed by atoms with Crippen LogP contribution in [0.3, 0.4) is 0 Å². The SMILES string of the molecule is Cc1cc(C)c(-c2cc3c4c(c2)Oc2c(sc5ccccc25)B4c2cc4c(cc2N3)Oc2cc(-c3c(C)cc(C)cc3C)cc3c2B4c2cc4c(cc2O3)Oc2cc(-c3c(C)cc(C)cc3C)cc3c2B4c2sc4ccccc4c2O3)c(C)c1. The van der Waals surface area contributed by atoms with E-state index in [0.717, 1.165) is 129 Å². The highest BCUT2D eigenvalue weighted by Crippen LogP contribution is 2.48. The Balaban J connectivity index is 0.870. The standard InChI is InChI=1S/C73H52B3NO5S2/c1-34-18-37(4)64(38(5)19-34)43-24-53-67-57(25-43)81-70-46-14-10-12-16-62(46)83-72(70)75(67)48-30-49-54(32-52(48)77-53)78-58-26-44(65-39(6)20-35(2)21-40(65)7)27-59-68(58)74(49)50-31-51-56(33-55(50)79-59)80-60-28-45(66-41(8)22-36(3)23-42(66)9)29-61-69(60)76(51)73-71(82-61)47-15-11-13-17-63(47)84-73/h10-33,77H,1-9H3. The van der Waals surface area contributed by atoms with Gasteiger partial charge in [0, 0.05) is 64.2 Å². The highest BCUT2D eigenvalue weighted by atomic mass is 32.1. The van der Waals surface area contributed by atoms with E-state index >= 15 is 0 Å². The van der Waals surface area contributed by atoms with E-state index in [2.05, 4.69) is 213 Å². The Morgan fingerprint density at radius 3 is 1.17 bits per heavy atom. The predicted molar refractivity (Wildman–Crippen MR) is 352 cm³/mol. The van der Waals surface area contributed by atoms with Crippen LogP contribution in [0.2, 0.25) is 0 Å². The van der Waals surface area contributed by atoms with Crippen molar-refractivity contribution in [1.82, 2.24) is 0 Å². The monoisotopic (exact) mass is 1120 g/mol. The molecule has 2 aromatic heterocycles. The van der Waals surface area contributed by atoms with Crippen molar-refractivity contribution in [3.63, 3.8) is 0 Å². The van der Waals surface area contributed by atoms with E-state index < -0.39 is 0 Å². The maximum Gasteiger partial charge on any atom is 0.273 e. The molecule has 400 valence electrons. The molecule has 0 fully saturated rings. The van der Waals surface area contributed by atoms with Crippen LogP contribution in [-0.4, -0.2) is 20.1 Å². The van der Waals surface area contributed by atoms with E-state index in [1.807, 2.05) is 22.7 Å². The Labute approximate surface area is 496 Å². The number of hydrogen-bond acceptors (Lipinski definition) is 8. The highest BCUT2D eigenvalue weighted by Gasteiger charge is 2.49. The van der Waals surface area contributed by atoms with Gasteiger partial charge in [0.05, 0.1) is 0 Å². The second-order valence-electron chi connectivity index (χ2n) is 24.5. The minimum atomic E-state index is -0.262. The summed E-state index contributed by atoms with van der Waals surface area (Å²) in [6, 6.07) is 53.9. The van der Waals surface area contributed by atoms with Crippen molar-refractivity contribution in [1.29, 1.82) is 0 Å². The van der Waals surface area contributed by atoms with Gasteiger partial charge in [0.1, 0.15) is 57.5 Å². The summed E-state index contributed by atoms with van der Waals surface area (Å²) < 4.78 is 41.3. The highest BCUT2D eigenvalue weighted by molar-refractivity contribution is 7.34. The molecule has 18 rings (SSSR count). The van der Waals surface area contributed by atoms with E-state index in [1.54, 1.807) is 0 Å². The maximum absolute atomic E-state index is 7.41. The molecular formula is C73H52B3NO5S2. The third kappa shape index (κ3) is 6.76. The molecule has 84 heavy (non-hydrogen) atoms. The molecule has 6 aliphatic heterocycles. The minimum absolute atomic E-state index is 0.111. The molecule has 0 bridgehead atoms. The quantitative estimate of drug-likeness (QED) is 0.178. The van der Waals surface area contributed by atoms with Crippen molar-refractivity contribution in [3.05, 3.63) is 196 Å². The first-order valence-electron chi connectivity index (χ1n) is 29.1. The Kier molecular flexibility index (Phi) is 9.91. The third-order valence-electron chi connectivity index (χ3n) is 18.7. The molecule has 0 aliphatic carbocycles. The average Bonchev–Trinajstić information content (AvgIpc) is 1.10. The summed E-state index contributed by atoms with van der Waals surface area (Å²) >= 11 is 3.65. The molecule has 0 saturated carbocycles. The first-order chi connectivity index (χ1) is 40.8. The van der Waals surface area contributed by atoms with Gasteiger partial charge in [-0.15, -0.1) is 22.7 Å². The van der Waals surface area contributed by atoms with Gasteiger partial charge in [-0.1, -0.05) is 89.5 Å². The van der Waals surface area contributed by atoms with Gasteiger partial charge in [-0.2, -0.15) is 0 Å². The smallest absolute Gasteiger partial charge is 0.273 e. The lowest BCUT2D eigenvalue weighted by Crippen LogP contribution is -2.63. The first-order valence-corrected chi connectivity index (χ1v) is 30.7. The van der Waals surface area contributed by atoms with Crippen LogP contribution in [0.1, 0.15) is 50.1 Å². The predicted octanol–water partition coefficient (Wildman–Crippen LogP) is 14.0. The van der Waals surface area contributed by atoms with Gasteiger partial charge in [-0.25, -0.2) is 0 Å². The molecule has 0 atom stereocenters. The molecule has 0 spiro atoms. The van der Waals surface area contributed by atoms with Crippen molar-refractivity contribution in [2.75, 3.05) is 5.32 Å². The van der Waals surface area contributed by atoms with Crippen LogP contribution in [0.5, 0.6) is 57.5 Å². The van der Waals surface area contributed by atoms with E-state index in [4.69, 9.17) is 23.7 Å². The Hall–Kier alpha value is -8.89. The van der Waals surface area contributed by atoms with Crippen LogP contribution >= 0.6 is 22.7 Å². The third-order valence-corrected chi connectivity index (χ3v) is 21.1. The van der Waals surface area contributed by atoms with E-state index in [0.29, 0.717) is 0 Å². The molecule has 10 aromatic carbocycles. The summed E-state index contributed by atoms with van der Waals surface area (Å²) in [7, 11) is 0. The van der Waals surface area contributed by atoms with Gasteiger partial charge in [0.25, 0.3) is 20.1 Å². The Morgan fingerprint density at radius 2 is 0.690 bits per heavy atom. The molecule has 0 unspecified atom stereocenters. The van der Waals surface area contributed by atoms with E-state index in [-0.39, 0.29) is 20.1 Å². The number of ether oxygens (including phenoxy) is 5. The van der Waals surface area contributed by atoms with Crippen molar-refractivity contribution in [3.8, 4) is 90.9 Å². The van der Waals surface area contributed by atoms with E-state index in [1.165, 1.54) is 91.2 Å². The summed E-state index contributed by atoms with van der Waals surface area (Å²) in [4.78, 5) is 0. The molecule has 11 heteroatoms. The molecule has 0 saturated heterocycles. The molecular weight excluding hydrogens is 1070 g/mol. The number of benzene rings is 10. The van der Waals surface area contributed by atoms with Gasteiger partial charge in [0.15, 0.2) is 0 Å². The number of anilines is 2. The Morgan fingerprint density at radius 1 is 0.321 bits per heavy atom. The normalized spacial score (nSPS) is 13.8. The van der Waals surface area contributed by atoms with Crippen LogP contribution in [0.15, 0.2) is 146 Å². The van der Waals surface area contributed by atoms with Crippen molar-refractivity contribution in [2.45, 2.75) is 62.3 Å². The lowest BCUT2D eigenvalue weighted by molar-refractivity contribution is 0.453. The fourth-order valence-electron chi connectivity index (χ4n) is 15.8. The van der Waals surface area contributed by atoms with Gasteiger partial charge < -0.3 is 29.0 Å². The molecule has 6 nitrogen and oxygen atoms in total. The fourth-order valence-corrected chi connectivity index (χ4v) is 18.3. The maximum atomic E-state index is 7.41. The summed E-state index contributed by atoms with van der Waals surface area (Å²) in [5.74, 6) is 8.31. The number of hydrogen-bond donors (Lipinski definition) is 1. The van der Waals surface area contributed by atoms with Gasteiger partial charge in [-0.3, -0.25) is 0 Å². The fraction of sp³-hybridized carbons (Fsp3) is 0.123. The minimum Gasteiger partial charge on any atom is -0.458 e. The van der Waals surface area contributed by atoms with Crippen LogP contribution in [0, 0.1) is 62.3 Å². The number of fused-ring (bicyclic) bond motifs is 16. The zero-order valence-corrected chi connectivity index (χ0v) is 49.6. The summed E-state index contributed by atoms with van der Waals surface area (Å²) in [6.45, 7) is 19.2. The van der Waals surface area contributed by atoms with E-state index in [9.17, 15) is 0 Å². The van der Waals surface area contributed by atoms with Gasteiger partial charge in [-0.05, 0) is 217 Å². The molecule has 6 aliphatic rings.